The van der Waals surface area contributed by atoms with E-state index in [4.69, 9.17) is 14.2 Å². The fourth-order valence-electron chi connectivity index (χ4n) is 9.20. The highest BCUT2D eigenvalue weighted by atomic mass is 16.6. The van der Waals surface area contributed by atoms with Crippen molar-refractivity contribution < 1.29 is 33.7 Å². The molecule has 1 unspecified atom stereocenters. The van der Waals surface area contributed by atoms with Crippen molar-refractivity contribution >= 4 is 18.0 Å². The Hall–Kier alpha value is -1.87. The third kappa shape index (κ3) is 43.9. The van der Waals surface area contributed by atoms with Crippen LogP contribution >= 0.6 is 0 Å². The Labute approximate surface area is 416 Å². The van der Waals surface area contributed by atoms with Gasteiger partial charge in [0.2, 0.25) is 0 Å². The fraction of sp³-hybridized carbons (Fsp3) is 0.948. The SMILES string of the molecule is CCCCCCC(CCCCCC)OC(=O)CCCCCCCCC(CCCCCCCCC(=O)OC(CCCCCC)CCCCCC)OC(=O)N(CCCN(C)C)CC(O)CCCCC. The summed E-state index contributed by atoms with van der Waals surface area (Å²) in [4.78, 5) is 43.2. The van der Waals surface area contributed by atoms with E-state index in [-0.39, 0.29) is 36.3 Å². The number of ether oxygens (including phenoxy) is 3. The van der Waals surface area contributed by atoms with Crippen molar-refractivity contribution in [2.24, 2.45) is 0 Å². The summed E-state index contributed by atoms with van der Waals surface area (Å²) in [6.07, 6.45) is 42.5. The van der Waals surface area contributed by atoms with Crippen LogP contribution in [0.25, 0.3) is 0 Å². The molecule has 0 saturated heterocycles. The maximum atomic E-state index is 13.8. The molecule has 0 aromatic heterocycles. The Morgan fingerprint density at radius 1 is 0.373 bits per heavy atom. The van der Waals surface area contributed by atoms with Crippen molar-refractivity contribution in [2.75, 3.05) is 33.7 Å². The van der Waals surface area contributed by atoms with Crippen LogP contribution < -0.4 is 0 Å². The van der Waals surface area contributed by atoms with Gasteiger partial charge in [0.1, 0.15) is 18.3 Å². The standard InChI is InChI=1S/C58H114N2O7/c1-8-13-18-31-41-53(42-32-19-14-9-2)65-56(62)47-37-28-24-22-26-35-45-55(67-58(64)60(50-39-49-59(6)7)51-52(61)40-30-17-12-5)46-36-27-23-25-29-38-48-57(63)66-54(43-33-20-15-10-3)44-34-21-16-11-4/h52-55,61H,8-51H2,1-7H3. The predicted molar refractivity (Wildman–Crippen MR) is 284 cm³/mol. The summed E-state index contributed by atoms with van der Waals surface area (Å²) in [6, 6.07) is 0. The van der Waals surface area contributed by atoms with Gasteiger partial charge in [-0.1, -0.05) is 182 Å². The van der Waals surface area contributed by atoms with Gasteiger partial charge in [-0.2, -0.15) is 0 Å². The molecule has 0 aliphatic rings. The van der Waals surface area contributed by atoms with Gasteiger partial charge in [0.15, 0.2) is 0 Å². The summed E-state index contributed by atoms with van der Waals surface area (Å²) in [6.45, 7) is 12.9. The zero-order chi connectivity index (χ0) is 49.4. The van der Waals surface area contributed by atoms with Crippen LogP contribution in [0.2, 0.25) is 0 Å². The van der Waals surface area contributed by atoms with E-state index in [2.05, 4.69) is 39.5 Å². The van der Waals surface area contributed by atoms with Gasteiger partial charge >= 0.3 is 18.0 Å². The lowest BCUT2D eigenvalue weighted by Gasteiger charge is -2.28. The highest BCUT2D eigenvalue weighted by molar-refractivity contribution is 5.70. The Kier molecular flexibility index (Phi) is 47.8. The molecule has 0 aromatic rings. The number of rotatable bonds is 51. The quantitative estimate of drug-likeness (QED) is 0.0365. The molecule has 0 aromatic carbocycles. The molecule has 1 N–H and O–H groups in total. The lowest BCUT2D eigenvalue weighted by atomic mass is 10.0. The molecule has 0 aliphatic heterocycles. The van der Waals surface area contributed by atoms with E-state index in [0.29, 0.717) is 32.4 Å². The fourth-order valence-corrected chi connectivity index (χ4v) is 9.20. The van der Waals surface area contributed by atoms with Gasteiger partial charge < -0.3 is 29.1 Å². The minimum Gasteiger partial charge on any atom is -0.462 e. The maximum Gasteiger partial charge on any atom is 0.410 e. The van der Waals surface area contributed by atoms with Crippen LogP contribution in [-0.2, 0) is 23.8 Å². The summed E-state index contributed by atoms with van der Waals surface area (Å²) in [5.41, 5.74) is 0. The summed E-state index contributed by atoms with van der Waals surface area (Å²) in [5, 5.41) is 10.9. The van der Waals surface area contributed by atoms with Gasteiger partial charge in [-0.05, 0) is 123 Å². The van der Waals surface area contributed by atoms with Gasteiger partial charge in [0.05, 0.1) is 6.10 Å². The molecule has 67 heavy (non-hydrogen) atoms. The van der Waals surface area contributed by atoms with E-state index in [1.165, 1.54) is 77.0 Å². The van der Waals surface area contributed by atoms with Crippen molar-refractivity contribution in [3.05, 3.63) is 0 Å². The number of aliphatic hydroxyl groups is 1. The van der Waals surface area contributed by atoms with Gasteiger partial charge in [0, 0.05) is 25.9 Å². The molecule has 0 bridgehead atoms. The first-order valence-corrected chi connectivity index (χ1v) is 29.3. The number of carbonyl (C=O) groups excluding carboxylic acids is 3. The maximum absolute atomic E-state index is 13.8. The first-order valence-electron chi connectivity index (χ1n) is 29.3. The molecule has 0 radical (unpaired) electrons. The highest BCUT2D eigenvalue weighted by Gasteiger charge is 2.23. The first-order chi connectivity index (χ1) is 32.6. The second kappa shape index (κ2) is 49.1. The minimum absolute atomic E-state index is 0.0186. The largest absolute Gasteiger partial charge is 0.462 e. The van der Waals surface area contributed by atoms with Crippen molar-refractivity contribution in [3.63, 3.8) is 0 Å². The lowest BCUT2D eigenvalue weighted by Crippen LogP contribution is -2.41. The van der Waals surface area contributed by atoms with E-state index in [0.717, 1.165) is 173 Å². The topological polar surface area (TPSA) is 106 Å². The number of esters is 2. The van der Waals surface area contributed by atoms with E-state index >= 15 is 0 Å². The number of hydrogen-bond acceptors (Lipinski definition) is 8. The molecule has 9 heteroatoms. The normalized spacial score (nSPS) is 12.2. The Bertz CT molecular complexity index is 1010. The minimum atomic E-state index is -0.541. The van der Waals surface area contributed by atoms with E-state index in [9.17, 15) is 19.5 Å². The number of aliphatic hydroxyl groups excluding tert-OH is 1. The molecule has 0 rings (SSSR count). The van der Waals surface area contributed by atoms with Crippen LogP contribution in [0.4, 0.5) is 4.79 Å². The molecule has 0 saturated carbocycles. The van der Waals surface area contributed by atoms with Gasteiger partial charge in [0.25, 0.3) is 0 Å². The van der Waals surface area contributed by atoms with Crippen LogP contribution in [0.3, 0.4) is 0 Å². The molecule has 0 fully saturated rings. The third-order valence-electron chi connectivity index (χ3n) is 13.6. The van der Waals surface area contributed by atoms with E-state index in [1.54, 1.807) is 4.90 Å². The zero-order valence-corrected chi connectivity index (χ0v) is 45.7. The number of amides is 1. The monoisotopic (exact) mass is 951 g/mol. The summed E-state index contributed by atoms with van der Waals surface area (Å²) in [7, 11) is 4.09. The first kappa shape index (κ1) is 65.1. The van der Waals surface area contributed by atoms with Crippen LogP contribution in [0.15, 0.2) is 0 Å². The summed E-state index contributed by atoms with van der Waals surface area (Å²) >= 11 is 0. The lowest BCUT2D eigenvalue weighted by molar-refractivity contribution is -0.151. The summed E-state index contributed by atoms with van der Waals surface area (Å²) in [5.74, 6) is -0.0373. The van der Waals surface area contributed by atoms with Gasteiger partial charge in [-0.15, -0.1) is 0 Å². The Morgan fingerprint density at radius 3 is 1.03 bits per heavy atom. The average Bonchev–Trinajstić information content (AvgIpc) is 3.30. The predicted octanol–water partition coefficient (Wildman–Crippen LogP) is 16.6. The Morgan fingerprint density at radius 2 is 0.672 bits per heavy atom. The van der Waals surface area contributed by atoms with Crippen LogP contribution in [0.5, 0.6) is 0 Å². The van der Waals surface area contributed by atoms with Crippen molar-refractivity contribution in [1.82, 2.24) is 9.80 Å². The van der Waals surface area contributed by atoms with Crippen LogP contribution in [0.1, 0.15) is 298 Å². The zero-order valence-electron chi connectivity index (χ0n) is 45.7. The molecule has 1 atom stereocenters. The van der Waals surface area contributed by atoms with Gasteiger partial charge in [-0.25, -0.2) is 4.79 Å². The van der Waals surface area contributed by atoms with E-state index in [1.807, 2.05) is 14.1 Å². The molecule has 0 heterocycles. The van der Waals surface area contributed by atoms with Crippen molar-refractivity contribution in [3.8, 4) is 0 Å². The molecule has 1 amide bonds. The molecular formula is C58H114N2O7. The number of hydrogen-bond donors (Lipinski definition) is 1. The molecule has 9 nitrogen and oxygen atoms in total. The average molecular weight is 952 g/mol. The van der Waals surface area contributed by atoms with Crippen LogP contribution in [0, 0.1) is 0 Å². The Balaban J connectivity index is 5.07. The molecule has 0 aliphatic carbocycles. The van der Waals surface area contributed by atoms with Crippen LogP contribution in [-0.4, -0.2) is 91.1 Å². The number of unbranched alkanes of at least 4 members (excludes halogenated alkanes) is 24. The molecule has 398 valence electrons. The molecule has 0 spiro atoms. The number of carbonyl (C=O) groups is 3. The number of nitrogens with zero attached hydrogens (tertiary/aromatic N) is 2. The van der Waals surface area contributed by atoms with Crippen molar-refractivity contribution in [1.29, 1.82) is 0 Å². The smallest absolute Gasteiger partial charge is 0.410 e. The van der Waals surface area contributed by atoms with E-state index < -0.39 is 6.10 Å². The van der Waals surface area contributed by atoms with Gasteiger partial charge in [-0.3, -0.25) is 9.59 Å². The molecular weight excluding hydrogens is 837 g/mol. The third-order valence-corrected chi connectivity index (χ3v) is 13.6. The second-order valence-corrected chi connectivity index (χ2v) is 20.7. The summed E-state index contributed by atoms with van der Waals surface area (Å²) < 4.78 is 18.3. The van der Waals surface area contributed by atoms with Crippen molar-refractivity contribution in [2.45, 2.75) is 322 Å². The highest BCUT2D eigenvalue weighted by Crippen LogP contribution is 2.22. The second-order valence-electron chi connectivity index (χ2n) is 20.7.